The van der Waals surface area contributed by atoms with E-state index in [0.29, 0.717) is 49.9 Å². The number of rotatable bonds is 7. The number of likely N-dealkylation sites (N-methyl/N-ethyl adjacent to an activating group) is 1. The number of nitrogens with zero attached hydrogens (tertiary/aromatic N) is 2. The molecule has 1 aromatic carbocycles. The lowest BCUT2D eigenvalue weighted by Gasteiger charge is -2.37. The SMILES string of the molecule is COc1cc(OC)cc(C(=O)N2CCOC[C@H]2CN(C)CCO)c1. The number of ether oxygens (including phenoxy) is 3. The van der Waals surface area contributed by atoms with Crippen molar-refractivity contribution in [2.75, 3.05) is 60.7 Å². The van der Waals surface area contributed by atoms with Gasteiger partial charge in [0, 0.05) is 31.3 Å². The number of aliphatic hydroxyl groups is 1. The van der Waals surface area contributed by atoms with E-state index in [4.69, 9.17) is 19.3 Å². The summed E-state index contributed by atoms with van der Waals surface area (Å²) >= 11 is 0. The van der Waals surface area contributed by atoms with Crippen LogP contribution in [0.5, 0.6) is 11.5 Å². The van der Waals surface area contributed by atoms with Gasteiger partial charge in [0.05, 0.1) is 40.1 Å². The van der Waals surface area contributed by atoms with Crippen LogP contribution in [0, 0.1) is 0 Å². The van der Waals surface area contributed by atoms with Crippen molar-refractivity contribution in [3.63, 3.8) is 0 Å². The van der Waals surface area contributed by atoms with E-state index < -0.39 is 0 Å². The average molecular weight is 338 g/mol. The molecule has 1 N–H and O–H groups in total. The van der Waals surface area contributed by atoms with Gasteiger partial charge in [0.1, 0.15) is 11.5 Å². The van der Waals surface area contributed by atoms with Gasteiger partial charge in [0.25, 0.3) is 5.91 Å². The molecule has 0 radical (unpaired) electrons. The molecule has 2 rings (SSSR count). The molecule has 1 aliphatic rings. The predicted molar refractivity (Wildman–Crippen MR) is 89.8 cm³/mol. The van der Waals surface area contributed by atoms with Gasteiger partial charge >= 0.3 is 0 Å². The van der Waals surface area contributed by atoms with E-state index in [9.17, 15) is 4.79 Å². The zero-order valence-corrected chi connectivity index (χ0v) is 14.5. The summed E-state index contributed by atoms with van der Waals surface area (Å²) in [7, 11) is 5.04. The maximum Gasteiger partial charge on any atom is 0.254 e. The van der Waals surface area contributed by atoms with E-state index in [1.165, 1.54) is 0 Å². The van der Waals surface area contributed by atoms with Gasteiger partial charge in [-0.1, -0.05) is 0 Å². The summed E-state index contributed by atoms with van der Waals surface area (Å²) < 4.78 is 16.0. The molecule has 0 bridgehead atoms. The summed E-state index contributed by atoms with van der Waals surface area (Å²) in [5.41, 5.74) is 0.530. The van der Waals surface area contributed by atoms with E-state index >= 15 is 0 Å². The minimum atomic E-state index is -0.0714. The molecule has 1 saturated heterocycles. The van der Waals surface area contributed by atoms with Gasteiger partial charge < -0.3 is 29.1 Å². The molecule has 7 nitrogen and oxygen atoms in total. The number of carbonyl (C=O) groups excluding carboxylic acids is 1. The molecular formula is C17H26N2O5. The van der Waals surface area contributed by atoms with Crippen LogP contribution in [0.4, 0.5) is 0 Å². The van der Waals surface area contributed by atoms with Crippen molar-refractivity contribution in [3.05, 3.63) is 23.8 Å². The van der Waals surface area contributed by atoms with Crippen molar-refractivity contribution >= 4 is 5.91 Å². The highest BCUT2D eigenvalue weighted by Gasteiger charge is 2.29. The molecular weight excluding hydrogens is 312 g/mol. The van der Waals surface area contributed by atoms with Crippen LogP contribution in [0.25, 0.3) is 0 Å². The molecule has 1 amide bonds. The van der Waals surface area contributed by atoms with Crippen LogP contribution in [0.1, 0.15) is 10.4 Å². The highest BCUT2D eigenvalue weighted by Crippen LogP contribution is 2.24. The van der Waals surface area contributed by atoms with Gasteiger partial charge in [-0.2, -0.15) is 0 Å². The molecule has 7 heteroatoms. The zero-order chi connectivity index (χ0) is 17.5. The maximum atomic E-state index is 13.0. The molecule has 134 valence electrons. The Labute approximate surface area is 142 Å². The van der Waals surface area contributed by atoms with Crippen molar-refractivity contribution in [2.24, 2.45) is 0 Å². The summed E-state index contributed by atoms with van der Waals surface area (Å²) in [5.74, 6) is 1.10. The molecule has 0 aromatic heterocycles. The van der Waals surface area contributed by atoms with Gasteiger partial charge in [-0.15, -0.1) is 0 Å². The average Bonchev–Trinajstić information content (AvgIpc) is 2.61. The Balaban J connectivity index is 2.18. The zero-order valence-electron chi connectivity index (χ0n) is 14.5. The van der Waals surface area contributed by atoms with Crippen molar-refractivity contribution in [1.29, 1.82) is 0 Å². The van der Waals surface area contributed by atoms with Gasteiger partial charge in [0.15, 0.2) is 0 Å². The molecule has 1 heterocycles. The minimum absolute atomic E-state index is 0.0556. The van der Waals surface area contributed by atoms with E-state index in [1.54, 1.807) is 32.4 Å². The number of hydrogen-bond donors (Lipinski definition) is 1. The minimum Gasteiger partial charge on any atom is -0.497 e. The third-order valence-electron chi connectivity index (χ3n) is 4.09. The fraction of sp³-hybridized carbons (Fsp3) is 0.588. The predicted octanol–water partition coefficient (Wildman–Crippen LogP) is 0.469. The van der Waals surface area contributed by atoms with E-state index in [-0.39, 0.29) is 18.6 Å². The summed E-state index contributed by atoms with van der Waals surface area (Å²) in [5, 5.41) is 9.05. The van der Waals surface area contributed by atoms with Crippen molar-refractivity contribution in [1.82, 2.24) is 9.80 Å². The summed E-state index contributed by atoms with van der Waals surface area (Å²) in [6.45, 7) is 2.84. The second-order valence-corrected chi connectivity index (χ2v) is 5.81. The van der Waals surface area contributed by atoms with Gasteiger partial charge in [0.2, 0.25) is 0 Å². The molecule has 1 aromatic rings. The second kappa shape index (κ2) is 8.86. The smallest absolute Gasteiger partial charge is 0.254 e. The van der Waals surface area contributed by atoms with Crippen LogP contribution in [-0.2, 0) is 4.74 Å². The van der Waals surface area contributed by atoms with Gasteiger partial charge in [-0.3, -0.25) is 4.79 Å². The maximum absolute atomic E-state index is 13.0. The summed E-state index contributed by atoms with van der Waals surface area (Å²) in [6, 6.07) is 5.12. The number of methoxy groups -OCH3 is 2. The Bertz CT molecular complexity index is 530. The third-order valence-corrected chi connectivity index (χ3v) is 4.09. The number of carbonyl (C=O) groups is 1. The van der Waals surface area contributed by atoms with E-state index in [1.807, 2.05) is 16.8 Å². The van der Waals surface area contributed by atoms with Crippen LogP contribution in [0.3, 0.4) is 0 Å². The standard InChI is InChI=1S/C17H26N2O5/c1-18(4-6-20)11-14-12-24-7-5-19(14)17(21)13-8-15(22-2)10-16(9-13)23-3/h8-10,14,20H,4-7,11-12H2,1-3H3/t14-/m1/s1. The first kappa shape index (κ1) is 18.5. The van der Waals surface area contributed by atoms with Crippen molar-refractivity contribution < 1.29 is 24.1 Å². The molecule has 0 spiro atoms. The molecule has 1 fully saturated rings. The Hall–Kier alpha value is -1.83. The fourth-order valence-corrected chi connectivity index (χ4v) is 2.79. The molecule has 0 unspecified atom stereocenters. The van der Waals surface area contributed by atoms with Gasteiger partial charge in [-0.05, 0) is 19.2 Å². The molecule has 0 aliphatic carbocycles. The lowest BCUT2D eigenvalue weighted by Crippen LogP contribution is -2.53. The van der Waals surface area contributed by atoms with E-state index in [0.717, 1.165) is 0 Å². The second-order valence-electron chi connectivity index (χ2n) is 5.81. The number of amides is 1. The van der Waals surface area contributed by atoms with Crippen LogP contribution in [0.15, 0.2) is 18.2 Å². The van der Waals surface area contributed by atoms with Crippen LogP contribution in [-0.4, -0.2) is 87.6 Å². The summed E-state index contributed by atoms with van der Waals surface area (Å²) in [4.78, 5) is 16.8. The molecule has 24 heavy (non-hydrogen) atoms. The van der Waals surface area contributed by atoms with Crippen LogP contribution < -0.4 is 9.47 Å². The number of morpholine rings is 1. The Kier molecular flexibility index (Phi) is 6.84. The highest BCUT2D eigenvalue weighted by molar-refractivity contribution is 5.95. The molecule has 1 aliphatic heterocycles. The number of hydrogen-bond acceptors (Lipinski definition) is 6. The first-order valence-electron chi connectivity index (χ1n) is 8.00. The topological polar surface area (TPSA) is 71.5 Å². The first-order chi connectivity index (χ1) is 11.6. The first-order valence-corrected chi connectivity index (χ1v) is 8.00. The van der Waals surface area contributed by atoms with Crippen LogP contribution >= 0.6 is 0 Å². The Morgan fingerprint density at radius 3 is 2.58 bits per heavy atom. The number of benzene rings is 1. The van der Waals surface area contributed by atoms with Crippen LogP contribution in [0.2, 0.25) is 0 Å². The number of aliphatic hydroxyl groups excluding tert-OH is 1. The highest BCUT2D eigenvalue weighted by atomic mass is 16.5. The normalized spacial score (nSPS) is 17.9. The largest absolute Gasteiger partial charge is 0.497 e. The molecule has 0 saturated carbocycles. The van der Waals surface area contributed by atoms with E-state index in [2.05, 4.69) is 0 Å². The van der Waals surface area contributed by atoms with Crippen molar-refractivity contribution in [2.45, 2.75) is 6.04 Å². The quantitative estimate of drug-likeness (QED) is 0.779. The van der Waals surface area contributed by atoms with Gasteiger partial charge in [-0.25, -0.2) is 0 Å². The molecule has 1 atom stereocenters. The van der Waals surface area contributed by atoms with Crippen molar-refractivity contribution in [3.8, 4) is 11.5 Å². The third kappa shape index (κ3) is 4.59. The lowest BCUT2D eigenvalue weighted by atomic mass is 10.1. The lowest BCUT2D eigenvalue weighted by molar-refractivity contribution is -0.0109. The fourth-order valence-electron chi connectivity index (χ4n) is 2.79. The monoisotopic (exact) mass is 338 g/mol. The Morgan fingerprint density at radius 2 is 2.00 bits per heavy atom. The Morgan fingerprint density at radius 1 is 1.33 bits per heavy atom. The summed E-state index contributed by atoms with van der Waals surface area (Å²) in [6.07, 6.45) is 0.